The van der Waals surface area contributed by atoms with Gasteiger partial charge in [-0.3, -0.25) is 14.6 Å². The number of carbonyl (C=O) groups is 2. The maximum atomic E-state index is 12.7. The number of piperidine rings is 1. The zero-order chi connectivity index (χ0) is 17.2. The van der Waals surface area contributed by atoms with Crippen molar-refractivity contribution in [2.45, 2.75) is 45.1 Å². The second kappa shape index (κ2) is 7.14. The molecule has 1 aromatic rings. The summed E-state index contributed by atoms with van der Waals surface area (Å²) in [6.45, 7) is 2.00. The molecule has 5 nitrogen and oxygen atoms in total. The topological polar surface area (TPSA) is 62.3 Å². The van der Waals surface area contributed by atoms with Crippen LogP contribution in [0.3, 0.4) is 0 Å². The van der Waals surface area contributed by atoms with E-state index < -0.39 is 0 Å². The summed E-state index contributed by atoms with van der Waals surface area (Å²) in [4.78, 5) is 31.2. The number of carbonyl (C=O) groups excluding carboxylic acids is 2. The van der Waals surface area contributed by atoms with Crippen LogP contribution in [0.4, 0.5) is 0 Å². The molecule has 3 aliphatic rings. The van der Waals surface area contributed by atoms with Gasteiger partial charge in [0.15, 0.2) is 0 Å². The van der Waals surface area contributed by atoms with Gasteiger partial charge in [-0.1, -0.05) is 18.9 Å². The van der Waals surface area contributed by atoms with Crippen molar-refractivity contribution in [1.29, 1.82) is 0 Å². The molecule has 3 fully saturated rings. The molecular weight excluding hydrogens is 314 g/mol. The molecule has 5 heteroatoms. The van der Waals surface area contributed by atoms with Gasteiger partial charge < -0.3 is 10.2 Å². The van der Waals surface area contributed by atoms with E-state index in [0.29, 0.717) is 30.2 Å². The van der Waals surface area contributed by atoms with Crippen molar-refractivity contribution in [3.63, 3.8) is 0 Å². The van der Waals surface area contributed by atoms with Gasteiger partial charge in [0.2, 0.25) is 11.8 Å². The van der Waals surface area contributed by atoms with Gasteiger partial charge in [-0.05, 0) is 49.1 Å². The molecule has 0 aromatic carbocycles. The van der Waals surface area contributed by atoms with Crippen LogP contribution in [-0.2, 0) is 16.1 Å². The Morgan fingerprint density at radius 2 is 1.84 bits per heavy atom. The van der Waals surface area contributed by atoms with Crippen molar-refractivity contribution in [2.75, 3.05) is 13.1 Å². The smallest absolute Gasteiger partial charge is 0.226 e. The van der Waals surface area contributed by atoms with Crippen LogP contribution in [0.15, 0.2) is 24.5 Å². The molecular formula is C20H27N3O2. The summed E-state index contributed by atoms with van der Waals surface area (Å²) in [6, 6.07) is 3.84. The fraction of sp³-hybridized carbons (Fsp3) is 0.650. The van der Waals surface area contributed by atoms with Gasteiger partial charge >= 0.3 is 0 Å². The molecule has 0 unspecified atom stereocenters. The zero-order valence-corrected chi connectivity index (χ0v) is 14.7. The van der Waals surface area contributed by atoms with E-state index in [9.17, 15) is 9.59 Å². The summed E-state index contributed by atoms with van der Waals surface area (Å²) >= 11 is 0. The highest BCUT2D eigenvalue weighted by atomic mass is 16.2. The van der Waals surface area contributed by atoms with Crippen molar-refractivity contribution in [2.24, 2.45) is 23.7 Å². The average Bonchev–Trinajstić information content (AvgIpc) is 3.41. The Labute approximate surface area is 149 Å². The van der Waals surface area contributed by atoms with Gasteiger partial charge in [0.25, 0.3) is 0 Å². The number of aromatic nitrogens is 1. The summed E-state index contributed by atoms with van der Waals surface area (Å²) in [5.74, 6) is 2.14. The molecule has 2 amide bonds. The lowest BCUT2D eigenvalue weighted by atomic mass is 9.95. The Morgan fingerprint density at radius 3 is 2.48 bits per heavy atom. The molecule has 1 saturated heterocycles. The number of pyridine rings is 1. The van der Waals surface area contributed by atoms with Crippen molar-refractivity contribution in [3.05, 3.63) is 30.1 Å². The normalized spacial score (nSPS) is 29.0. The Bertz CT molecular complexity index is 613. The maximum Gasteiger partial charge on any atom is 0.226 e. The summed E-state index contributed by atoms with van der Waals surface area (Å²) in [7, 11) is 0. The second-order valence-electron chi connectivity index (χ2n) is 7.82. The maximum absolute atomic E-state index is 12.7. The lowest BCUT2D eigenvalue weighted by Gasteiger charge is -2.31. The number of nitrogens with zero attached hydrogens (tertiary/aromatic N) is 2. The number of hydrogen-bond donors (Lipinski definition) is 1. The molecule has 1 N–H and O–H groups in total. The van der Waals surface area contributed by atoms with E-state index in [1.54, 1.807) is 12.4 Å². The van der Waals surface area contributed by atoms with Gasteiger partial charge in [0.05, 0.1) is 0 Å². The largest absolute Gasteiger partial charge is 0.352 e. The average molecular weight is 341 g/mol. The first kappa shape index (κ1) is 16.6. The predicted molar refractivity (Wildman–Crippen MR) is 94.3 cm³/mol. The quantitative estimate of drug-likeness (QED) is 0.914. The summed E-state index contributed by atoms with van der Waals surface area (Å²) in [5, 5.41) is 3.01. The number of fused-ring (bicyclic) bond motifs is 1. The SMILES string of the molecule is O=C(NCc1cccnc1)C1CCN(C(=O)C2[C@H]3CCCC[C@H]23)CC1. The molecule has 4 rings (SSSR count). The minimum Gasteiger partial charge on any atom is -0.352 e. The Kier molecular flexibility index (Phi) is 4.73. The highest BCUT2D eigenvalue weighted by Crippen LogP contribution is 2.56. The van der Waals surface area contributed by atoms with E-state index in [4.69, 9.17) is 0 Å². The van der Waals surface area contributed by atoms with Gasteiger partial charge in [0, 0.05) is 43.9 Å². The van der Waals surface area contributed by atoms with Crippen LogP contribution < -0.4 is 5.32 Å². The first-order chi connectivity index (χ1) is 12.2. The standard InChI is InChI=1S/C20H27N3O2/c24-19(22-13-14-4-3-9-21-12-14)15-7-10-23(11-8-15)20(25)18-16-5-1-2-6-17(16)18/h3-4,9,12,15-18H,1-2,5-8,10-11,13H2,(H,22,24)/t16-,17-/m0/s1. The summed E-state index contributed by atoms with van der Waals surface area (Å²) in [6.07, 6.45) is 10.2. The minimum atomic E-state index is 0.0298. The Hall–Kier alpha value is -1.91. The van der Waals surface area contributed by atoms with Crippen molar-refractivity contribution in [3.8, 4) is 0 Å². The lowest BCUT2D eigenvalue weighted by molar-refractivity contribution is -0.137. The second-order valence-corrected chi connectivity index (χ2v) is 7.82. The van der Waals surface area contributed by atoms with E-state index in [1.807, 2.05) is 17.0 Å². The van der Waals surface area contributed by atoms with Gasteiger partial charge in [-0.25, -0.2) is 0 Å². The molecule has 1 aromatic heterocycles. The number of hydrogen-bond acceptors (Lipinski definition) is 3. The first-order valence-electron chi connectivity index (χ1n) is 9.69. The molecule has 134 valence electrons. The third-order valence-electron chi connectivity index (χ3n) is 6.31. The van der Waals surface area contributed by atoms with Gasteiger partial charge in [0.1, 0.15) is 0 Å². The van der Waals surface area contributed by atoms with Crippen LogP contribution in [0.1, 0.15) is 44.1 Å². The lowest BCUT2D eigenvalue weighted by Crippen LogP contribution is -2.43. The van der Waals surface area contributed by atoms with Crippen molar-refractivity contribution < 1.29 is 9.59 Å². The van der Waals surface area contributed by atoms with Crippen molar-refractivity contribution in [1.82, 2.24) is 15.2 Å². The molecule has 0 radical (unpaired) electrons. The summed E-state index contributed by atoms with van der Waals surface area (Å²) < 4.78 is 0. The van der Waals surface area contributed by atoms with Gasteiger partial charge in [-0.2, -0.15) is 0 Å². The highest BCUT2D eigenvalue weighted by Gasteiger charge is 2.55. The number of likely N-dealkylation sites (tertiary alicyclic amines) is 1. The van der Waals surface area contributed by atoms with Crippen LogP contribution in [0.2, 0.25) is 0 Å². The Balaban J connectivity index is 1.23. The van der Waals surface area contributed by atoms with Crippen LogP contribution in [0.25, 0.3) is 0 Å². The van der Waals surface area contributed by atoms with E-state index in [1.165, 1.54) is 25.7 Å². The molecule has 0 bridgehead atoms. The van der Waals surface area contributed by atoms with E-state index >= 15 is 0 Å². The first-order valence-corrected chi connectivity index (χ1v) is 9.69. The molecule has 2 atom stereocenters. The van der Waals surface area contributed by atoms with Crippen molar-refractivity contribution >= 4 is 11.8 Å². The number of amides is 2. The fourth-order valence-corrected chi connectivity index (χ4v) is 4.77. The Morgan fingerprint density at radius 1 is 1.12 bits per heavy atom. The monoisotopic (exact) mass is 341 g/mol. The van der Waals surface area contributed by atoms with Crippen LogP contribution in [0, 0.1) is 23.7 Å². The number of rotatable bonds is 4. The fourth-order valence-electron chi connectivity index (χ4n) is 4.77. The summed E-state index contributed by atoms with van der Waals surface area (Å²) in [5.41, 5.74) is 1.01. The molecule has 0 spiro atoms. The molecule has 25 heavy (non-hydrogen) atoms. The number of nitrogens with one attached hydrogen (secondary N) is 1. The molecule has 1 aliphatic heterocycles. The van der Waals surface area contributed by atoms with E-state index in [2.05, 4.69) is 10.3 Å². The highest BCUT2D eigenvalue weighted by molar-refractivity contribution is 5.83. The zero-order valence-electron chi connectivity index (χ0n) is 14.7. The van der Waals surface area contributed by atoms with Crippen LogP contribution >= 0.6 is 0 Å². The molecule has 2 aliphatic carbocycles. The van der Waals surface area contributed by atoms with Crippen LogP contribution in [0.5, 0.6) is 0 Å². The van der Waals surface area contributed by atoms with E-state index in [0.717, 1.165) is 31.5 Å². The van der Waals surface area contributed by atoms with E-state index in [-0.39, 0.29) is 11.8 Å². The molecule has 2 heterocycles. The van der Waals surface area contributed by atoms with Crippen LogP contribution in [-0.4, -0.2) is 34.8 Å². The third-order valence-corrected chi connectivity index (χ3v) is 6.31. The predicted octanol–water partition coefficient (Wildman–Crippen LogP) is 2.37. The molecule has 2 saturated carbocycles. The third kappa shape index (κ3) is 3.55. The van der Waals surface area contributed by atoms with Gasteiger partial charge in [-0.15, -0.1) is 0 Å². The minimum absolute atomic E-state index is 0.0298.